The normalized spacial score (nSPS) is 33.9. The molecule has 3 heterocycles. The lowest BCUT2D eigenvalue weighted by Gasteiger charge is -2.15. The number of nitrogens with zero attached hydrogens (tertiary/aromatic N) is 1. The third-order valence-electron chi connectivity index (χ3n) is 5.41. The van der Waals surface area contributed by atoms with Crippen LogP contribution >= 0.6 is 0 Å². The molecular formula is C16H20N4O. The van der Waals surface area contributed by atoms with Gasteiger partial charge >= 0.3 is 0 Å². The second kappa shape index (κ2) is 4.31. The summed E-state index contributed by atoms with van der Waals surface area (Å²) in [7, 11) is 0. The first-order valence-electron chi connectivity index (χ1n) is 7.53. The van der Waals surface area contributed by atoms with Crippen LogP contribution in [0.25, 0.3) is 10.9 Å². The predicted molar refractivity (Wildman–Crippen MR) is 80.5 cm³/mol. The smallest absolute Gasteiger partial charge is 0.237 e. The fourth-order valence-corrected chi connectivity index (χ4v) is 3.76. The van der Waals surface area contributed by atoms with Crippen molar-refractivity contribution in [2.75, 3.05) is 0 Å². The summed E-state index contributed by atoms with van der Waals surface area (Å²) in [5, 5.41) is 7.54. The summed E-state index contributed by atoms with van der Waals surface area (Å²) in [5.41, 5.74) is 2.39. The van der Waals surface area contributed by atoms with Crippen molar-refractivity contribution in [1.29, 1.82) is 0 Å². The van der Waals surface area contributed by atoms with E-state index in [4.69, 9.17) is 0 Å². The molecule has 3 N–H and O–H groups in total. The fourth-order valence-electron chi connectivity index (χ4n) is 3.76. The molecule has 1 aliphatic heterocycles. The van der Waals surface area contributed by atoms with E-state index in [1.165, 1.54) is 0 Å². The Morgan fingerprint density at radius 2 is 2.43 bits per heavy atom. The number of carbonyl (C=O) groups is 1. The fraction of sp³-hybridized carbons (Fsp3) is 0.500. The average Bonchev–Trinajstić information content (AvgIpc) is 2.89. The number of pyridine rings is 1. The number of rotatable bonds is 3. The molecular weight excluding hydrogens is 264 g/mol. The zero-order chi connectivity index (χ0) is 14.6. The number of aromatic nitrogens is 2. The molecule has 0 bridgehead atoms. The molecule has 0 radical (unpaired) electrons. The summed E-state index contributed by atoms with van der Waals surface area (Å²) in [4.78, 5) is 19.6. The topological polar surface area (TPSA) is 69.8 Å². The number of carbonyl (C=O) groups excluding carboxylic acids is 1. The minimum Gasteiger partial charge on any atom is -0.357 e. The van der Waals surface area contributed by atoms with Crippen LogP contribution in [-0.2, 0) is 11.3 Å². The molecule has 4 atom stereocenters. The molecule has 2 aromatic heterocycles. The summed E-state index contributed by atoms with van der Waals surface area (Å²) in [6.45, 7) is 5.06. The molecule has 110 valence electrons. The second-order valence-corrected chi connectivity index (χ2v) is 6.67. The number of fused-ring (bicyclic) bond motifs is 2. The van der Waals surface area contributed by atoms with Gasteiger partial charge in [0.2, 0.25) is 5.91 Å². The number of piperidine rings is 1. The zero-order valence-electron chi connectivity index (χ0n) is 12.3. The number of nitrogens with one attached hydrogen (secondary N) is 3. The van der Waals surface area contributed by atoms with Gasteiger partial charge in [0.1, 0.15) is 0 Å². The molecule has 0 spiro atoms. The quantitative estimate of drug-likeness (QED) is 0.801. The van der Waals surface area contributed by atoms with Crippen LogP contribution in [-0.4, -0.2) is 28.0 Å². The highest BCUT2D eigenvalue weighted by Crippen LogP contribution is 2.59. The Labute approximate surface area is 123 Å². The Morgan fingerprint density at radius 3 is 3.14 bits per heavy atom. The van der Waals surface area contributed by atoms with Gasteiger partial charge in [-0.25, -0.2) is 0 Å². The second-order valence-electron chi connectivity index (χ2n) is 6.67. The van der Waals surface area contributed by atoms with Gasteiger partial charge in [-0.2, -0.15) is 0 Å². The highest BCUT2D eigenvalue weighted by molar-refractivity contribution is 5.83. The Hall–Kier alpha value is -1.88. The van der Waals surface area contributed by atoms with Gasteiger partial charge in [-0.15, -0.1) is 0 Å². The van der Waals surface area contributed by atoms with E-state index in [2.05, 4.69) is 34.4 Å². The molecule has 0 aromatic carbocycles. The molecule has 4 rings (SSSR count). The Kier molecular flexibility index (Phi) is 2.63. The number of hydrogen-bond donors (Lipinski definition) is 3. The first kappa shape index (κ1) is 12.8. The van der Waals surface area contributed by atoms with Crippen LogP contribution in [0.2, 0.25) is 0 Å². The van der Waals surface area contributed by atoms with Gasteiger partial charge in [0, 0.05) is 35.0 Å². The van der Waals surface area contributed by atoms with Crippen LogP contribution in [0.5, 0.6) is 0 Å². The van der Waals surface area contributed by atoms with E-state index >= 15 is 0 Å². The molecule has 0 unspecified atom stereocenters. The summed E-state index contributed by atoms with van der Waals surface area (Å²) in [6, 6.07) is 4.45. The number of aromatic amines is 1. The monoisotopic (exact) mass is 284 g/mol. The van der Waals surface area contributed by atoms with Crippen molar-refractivity contribution in [3.8, 4) is 0 Å². The van der Waals surface area contributed by atoms with Gasteiger partial charge in [0.15, 0.2) is 0 Å². The van der Waals surface area contributed by atoms with E-state index in [1.54, 1.807) is 6.20 Å². The average molecular weight is 284 g/mol. The molecule has 1 saturated carbocycles. The molecule has 2 fully saturated rings. The molecule has 21 heavy (non-hydrogen) atoms. The van der Waals surface area contributed by atoms with Gasteiger partial charge < -0.3 is 15.6 Å². The van der Waals surface area contributed by atoms with Gasteiger partial charge in [-0.05, 0) is 29.9 Å². The minimum atomic E-state index is -0.0396. The number of amides is 1. The van der Waals surface area contributed by atoms with Crippen LogP contribution in [0.15, 0.2) is 24.5 Å². The van der Waals surface area contributed by atoms with Crippen molar-refractivity contribution in [3.63, 3.8) is 0 Å². The van der Waals surface area contributed by atoms with Crippen molar-refractivity contribution in [3.05, 3.63) is 30.2 Å². The van der Waals surface area contributed by atoms with Gasteiger partial charge in [0.25, 0.3) is 0 Å². The Balaban J connectivity index is 1.38. The van der Waals surface area contributed by atoms with E-state index in [0.29, 0.717) is 23.9 Å². The number of H-pyrrole nitrogens is 1. The maximum Gasteiger partial charge on any atom is 0.237 e. The van der Waals surface area contributed by atoms with E-state index in [-0.39, 0.29) is 11.9 Å². The van der Waals surface area contributed by atoms with Crippen molar-refractivity contribution in [1.82, 2.24) is 20.6 Å². The van der Waals surface area contributed by atoms with Crippen molar-refractivity contribution in [2.45, 2.75) is 38.9 Å². The molecule has 2 aliphatic rings. The lowest BCUT2D eigenvalue weighted by atomic mass is 9.99. The highest BCUT2D eigenvalue weighted by atomic mass is 16.2. The number of hydrogen-bond acceptors (Lipinski definition) is 3. The zero-order valence-corrected chi connectivity index (χ0v) is 12.3. The largest absolute Gasteiger partial charge is 0.357 e. The first-order chi connectivity index (χ1) is 10.1. The third kappa shape index (κ3) is 1.95. The van der Waals surface area contributed by atoms with Gasteiger partial charge in [-0.1, -0.05) is 13.8 Å². The summed E-state index contributed by atoms with van der Waals surface area (Å²) >= 11 is 0. The molecule has 1 aliphatic carbocycles. The first-order valence-corrected chi connectivity index (χ1v) is 7.53. The lowest BCUT2D eigenvalue weighted by Crippen LogP contribution is -2.42. The lowest BCUT2D eigenvalue weighted by molar-refractivity contribution is -0.123. The molecule has 5 heteroatoms. The van der Waals surface area contributed by atoms with E-state index < -0.39 is 0 Å². The summed E-state index contributed by atoms with van der Waals surface area (Å²) in [5.74, 6) is 0.801. The Morgan fingerprint density at radius 1 is 1.57 bits per heavy atom. The molecule has 2 aromatic rings. The molecule has 1 saturated heterocycles. The predicted octanol–water partition coefficient (Wildman–Crippen LogP) is 1.57. The maximum atomic E-state index is 12.2. The van der Waals surface area contributed by atoms with E-state index in [9.17, 15) is 4.79 Å². The molecule has 5 nitrogen and oxygen atoms in total. The maximum absolute atomic E-state index is 12.2. The SMILES string of the molecule is C[C@@H]1[C@@H]2N[C@H](C(=O)NCc3cc4cnccc4[nH]3)C[C@]12C. The standard InChI is InChI=1S/C16H20N4O/c1-9-14-16(9,2)6-13(20-14)15(21)18-8-11-5-10-7-17-4-3-12(10)19-11/h3-5,7,9,13-14,19-20H,6,8H2,1-2H3,(H,18,21)/t9-,13+,14+,16-/m1/s1. The summed E-state index contributed by atoms with van der Waals surface area (Å²) in [6.07, 6.45) is 4.53. The minimum absolute atomic E-state index is 0.0396. The van der Waals surface area contributed by atoms with Crippen molar-refractivity contribution in [2.24, 2.45) is 11.3 Å². The summed E-state index contributed by atoms with van der Waals surface area (Å²) < 4.78 is 0. The van der Waals surface area contributed by atoms with Crippen molar-refractivity contribution >= 4 is 16.8 Å². The van der Waals surface area contributed by atoms with Crippen LogP contribution in [0.4, 0.5) is 0 Å². The van der Waals surface area contributed by atoms with E-state index in [1.807, 2.05) is 18.3 Å². The van der Waals surface area contributed by atoms with Gasteiger partial charge in [0.05, 0.1) is 12.6 Å². The van der Waals surface area contributed by atoms with Crippen LogP contribution in [0.3, 0.4) is 0 Å². The molecule has 1 amide bonds. The Bertz CT molecular complexity index is 676. The van der Waals surface area contributed by atoms with Crippen LogP contribution in [0.1, 0.15) is 26.0 Å². The van der Waals surface area contributed by atoms with E-state index in [0.717, 1.165) is 23.0 Å². The highest BCUT2D eigenvalue weighted by Gasteiger charge is 2.64. The third-order valence-corrected chi connectivity index (χ3v) is 5.41. The van der Waals surface area contributed by atoms with Crippen molar-refractivity contribution < 1.29 is 4.79 Å². The van der Waals surface area contributed by atoms with Crippen LogP contribution < -0.4 is 10.6 Å². The van der Waals surface area contributed by atoms with Crippen LogP contribution in [0, 0.1) is 11.3 Å². The van der Waals surface area contributed by atoms with Gasteiger partial charge in [-0.3, -0.25) is 9.78 Å².